The summed E-state index contributed by atoms with van der Waals surface area (Å²) in [5.74, 6) is 0.462. The molecule has 2 rings (SSSR count). The predicted molar refractivity (Wildman–Crippen MR) is 81.1 cm³/mol. The quantitative estimate of drug-likeness (QED) is 0.839. The average molecular weight is 293 g/mol. The van der Waals surface area contributed by atoms with Gasteiger partial charge in [-0.15, -0.1) is 0 Å². The monoisotopic (exact) mass is 293 g/mol. The molecule has 0 radical (unpaired) electrons. The number of carbonyl (C=O) groups is 2. The number of amides is 1. The maximum absolute atomic E-state index is 12.1. The van der Waals surface area contributed by atoms with E-state index in [9.17, 15) is 9.59 Å². The molecule has 108 valence electrons. The zero-order valence-corrected chi connectivity index (χ0v) is 12.4. The van der Waals surface area contributed by atoms with E-state index >= 15 is 0 Å². The molecule has 1 aliphatic carbocycles. The van der Waals surface area contributed by atoms with Gasteiger partial charge >= 0.3 is 5.97 Å². The van der Waals surface area contributed by atoms with Crippen LogP contribution in [0.3, 0.4) is 0 Å². The van der Waals surface area contributed by atoms with Gasteiger partial charge in [-0.3, -0.25) is 9.59 Å². The molecular formula is C15H19NO3S. The van der Waals surface area contributed by atoms with Crippen LogP contribution in [0, 0.1) is 5.41 Å². The van der Waals surface area contributed by atoms with Crippen molar-refractivity contribution in [2.75, 3.05) is 23.5 Å². The van der Waals surface area contributed by atoms with E-state index in [0.717, 1.165) is 24.3 Å². The van der Waals surface area contributed by atoms with Gasteiger partial charge in [0.25, 0.3) is 0 Å². The van der Waals surface area contributed by atoms with Gasteiger partial charge in [-0.1, -0.05) is 18.2 Å². The Hall–Kier alpha value is -1.49. The van der Waals surface area contributed by atoms with Crippen molar-refractivity contribution in [3.05, 3.63) is 30.3 Å². The number of para-hydroxylation sites is 1. The highest BCUT2D eigenvalue weighted by Gasteiger charge is 2.44. The van der Waals surface area contributed by atoms with Gasteiger partial charge in [0.1, 0.15) is 0 Å². The van der Waals surface area contributed by atoms with E-state index in [1.807, 2.05) is 30.3 Å². The molecule has 1 aromatic rings. The van der Waals surface area contributed by atoms with E-state index < -0.39 is 5.97 Å². The molecule has 1 aliphatic rings. The van der Waals surface area contributed by atoms with Crippen molar-refractivity contribution in [3.8, 4) is 0 Å². The molecule has 0 heterocycles. The fraction of sp³-hybridized carbons (Fsp3) is 0.467. The van der Waals surface area contributed by atoms with Gasteiger partial charge in [-0.2, -0.15) is 11.8 Å². The van der Waals surface area contributed by atoms with Crippen molar-refractivity contribution >= 4 is 29.3 Å². The van der Waals surface area contributed by atoms with Gasteiger partial charge in [0.05, 0.1) is 12.2 Å². The van der Waals surface area contributed by atoms with Crippen LogP contribution in [0.2, 0.25) is 0 Å². The summed E-state index contributed by atoms with van der Waals surface area (Å²) in [6.45, 7) is 0. The third-order valence-corrected chi connectivity index (χ3v) is 4.90. The van der Waals surface area contributed by atoms with E-state index in [2.05, 4.69) is 0 Å². The topological polar surface area (TPSA) is 57.6 Å². The number of hydrogen-bond acceptors (Lipinski definition) is 3. The van der Waals surface area contributed by atoms with Crippen molar-refractivity contribution in [1.82, 2.24) is 0 Å². The molecule has 0 bridgehead atoms. The van der Waals surface area contributed by atoms with E-state index in [-0.39, 0.29) is 17.7 Å². The first kappa shape index (κ1) is 14.9. The van der Waals surface area contributed by atoms with Gasteiger partial charge in [0.15, 0.2) is 0 Å². The summed E-state index contributed by atoms with van der Waals surface area (Å²) in [4.78, 5) is 24.5. The number of benzene rings is 1. The molecule has 20 heavy (non-hydrogen) atoms. The SMILES string of the molecule is CN(C(=O)CSCC1(CC(=O)O)CC1)c1ccccc1. The predicted octanol–water partition coefficient (Wildman–Crippen LogP) is 2.64. The van der Waals surface area contributed by atoms with Gasteiger partial charge in [-0.25, -0.2) is 0 Å². The Bertz CT molecular complexity index is 485. The maximum Gasteiger partial charge on any atom is 0.303 e. The number of carbonyl (C=O) groups excluding carboxylic acids is 1. The Morgan fingerprint density at radius 3 is 2.50 bits per heavy atom. The van der Waals surface area contributed by atoms with Gasteiger partial charge in [-0.05, 0) is 36.1 Å². The number of nitrogens with zero attached hydrogens (tertiary/aromatic N) is 1. The van der Waals surface area contributed by atoms with E-state index in [4.69, 9.17) is 5.11 Å². The Kier molecular flexibility index (Phi) is 4.70. The molecule has 1 saturated carbocycles. The van der Waals surface area contributed by atoms with Crippen molar-refractivity contribution < 1.29 is 14.7 Å². The number of aliphatic carboxylic acids is 1. The summed E-state index contributed by atoms with van der Waals surface area (Å²) >= 11 is 1.54. The number of thioether (sulfide) groups is 1. The normalized spacial score (nSPS) is 15.7. The van der Waals surface area contributed by atoms with E-state index in [0.29, 0.717) is 5.75 Å². The lowest BCUT2D eigenvalue weighted by molar-refractivity contribution is -0.138. The van der Waals surface area contributed by atoms with Crippen LogP contribution < -0.4 is 4.90 Å². The highest BCUT2D eigenvalue weighted by atomic mass is 32.2. The first-order chi connectivity index (χ1) is 9.52. The Labute approximate surface area is 123 Å². The Morgan fingerprint density at radius 1 is 1.30 bits per heavy atom. The smallest absolute Gasteiger partial charge is 0.303 e. The lowest BCUT2D eigenvalue weighted by Crippen LogP contribution is -2.28. The number of anilines is 1. The molecule has 1 aromatic carbocycles. The summed E-state index contributed by atoms with van der Waals surface area (Å²) in [6, 6.07) is 9.51. The molecule has 5 heteroatoms. The molecule has 0 aliphatic heterocycles. The summed E-state index contributed by atoms with van der Waals surface area (Å²) in [5.41, 5.74) is 0.826. The van der Waals surface area contributed by atoms with Crippen LogP contribution in [0.1, 0.15) is 19.3 Å². The number of carboxylic acid groups (broad SMARTS) is 1. The fourth-order valence-corrected chi connectivity index (χ4v) is 3.41. The van der Waals surface area contributed by atoms with Gasteiger partial charge in [0.2, 0.25) is 5.91 Å². The molecule has 1 amide bonds. The zero-order valence-electron chi connectivity index (χ0n) is 11.5. The molecule has 1 N–H and O–H groups in total. The molecule has 0 aromatic heterocycles. The lowest BCUT2D eigenvalue weighted by Gasteiger charge is -2.18. The molecule has 0 atom stereocenters. The minimum Gasteiger partial charge on any atom is -0.481 e. The number of hydrogen-bond donors (Lipinski definition) is 1. The Balaban J connectivity index is 1.77. The summed E-state index contributed by atoms with van der Waals surface area (Å²) in [5, 5.41) is 8.85. The lowest BCUT2D eigenvalue weighted by atomic mass is 10.1. The molecule has 0 unspecified atom stereocenters. The van der Waals surface area contributed by atoms with Crippen LogP contribution in [0.4, 0.5) is 5.69 Å². The highest BCUT2D eigenvalue weighted by Crippen LogP contribution is 2.50. The van der Waals surface area contributed by atoms with Crippen molar-refractivity contribution in [1.29, 1.82) is 0 Å². The minimum absolute atomic E-state index is 0.0484. The highest BCUT2D eigenvalue weighted by molar-refractivity contribution is 8.00. The second-order valence-electron chi connectivity index (χ2n) is 5.35. The molecule has 0 saturated heterocycles. The molecule has 1 fully saturated rings. The third-order valence-electron chi connectivity index (χ3n) is 3.63. The van der Waals surface area contributed by atoms with Crippen LogP contribution in [0.15, 0.2) is 30.3 Å². The maximum atomic E-state index is 12.1. The Morgan fingerprint density at radius 2 is 1.95 bits per heavy atom. The van der Waals surface area contributed by atoms with Crippen LogP contribution >= 0.6 is 11.8 Å². The minimum atomic E-state index is -0.740. The number of carboxylic acids is 1. The van der Waals surface area contributed by atoms with Crippen LogP contribution in [-0.2, 0) is 9.59 Å². The van der Waals surface area contributed by atoms with E-state index in [1.165, 1.54) is 0 Å². The van der Waals surface area contributed by atoms with Gasteiger partial charge < -0.3 is 10.0 Å². The van der Waals surface area contributed by atoms with Gasteiger partial charge in [0, 0.05) is 12.7 Å². The second-order valence-corrected chi connectivity index (χ2v) is 6.34. The number of rotatable bonds is 7. The second kappa shape index (κ2) is 6.31. The fourth-order valence-electron chi connectivity index (χ4n) is 2.12. The summed E-state index contributed by atoms with van der Waals surface area (Å²) in [7, 11) is 1.77. The van der Waals surface area contributed by atoms with Crippen molar-refractivity contribution in [3.63, 3.8) is 0 Å². The van der Waals surface area contributed by atoms with Crippen molar-refractivity contribution in [2.24, 2.45) is 5.41 Å². The molecule has 0 spiro atoms. The first-order valence-electron chi connectivity index (χ1n) is 6.64. The van der Waals surface area contributed by atoms with Crippen LogP contribution in [0.25, 0.3) is 0 Å². The zero-order chi connectivity index (χ0) is 14.6. The summed E-state index contributed by atoms with van der Waals surface area (Å²) in [6.07, 6.45) is 2.16. The summed E-state index contributed by atoms with van der Waals surface area (Å²) < 4.78 is 0. The third kappa shape index (κ3) is 4.00. The average Bonchev–Trinajstić information content (AvgIpc) is 3.17. The largest absolute Gasteiger partial charge is 0.481 e. The first-order valence-corrected chi connectivity index (χ1v) is 7.79. The molecule has 4 nitrogen and oxygen atoms in total. The molecular weight excluding hydrogens is 274 g/mol. The van der Waals surface area contributed by atoms with E-state index in [1.54, 1.807) is 23.7 Å². The van der Waals surface area contributed by atoms with Crippen LogP contribution in [-0.4, -0.2) is 35.5 Å². The van der Waals surface area contributed by atoms with Crippen LogP contribution in [0.5, 0.6) is 0 Å². The standard InChI is InChI=1S/C15H19NO3S/c1-16(12-5-3-2-4-6-12)13(17)10-20-11-15(7-8-15)9-14(18)19/h2-6H,7-11H2,1H3,(H,18,19). The van der Waals surface area contributed by atoms with Crippen molar-refractivity contribution in [2.45, 2.75) is 19.3 Å².